The van der Waals surface area contributed by atoms with Crippen molar-refractivity contribution in [3.8, 4) is 5.75 Å². The zero-order valence-corrected chi connectivity index (χ0v) is 16.6. The first-order valence-electron chi connectivity index (χ1n) is 9.28. The third-order valence-corrected chi connectivity index (χ3v) is 4.41. The van der Waals surface area contributed by atoms with E-state index in [1.165, 1.54) is 13.0 Å². The quantitative estimate of drug-likeness (QED) is 0.591. The van der Waals surface area contributed by atoms with Crippen molar-refractivity contribution < 1.29 is 23.5 Å². The van der Waals surface area contributed by atoms with Crippen LogP contribution in [-0.4, -0.2) is 18.0 Å². The number of carbonyl (C=O) groups excluding carboxylic acids is 2. The first-order valence-corrected chi connectivity index (χ1v) is 9.28. The highest BCUT2D eigenvalue weighted by Gasteiger charge is 2.21. The SMILES string of the molecule is Cc1ccc(NC(=O)C(C)OC(=O)c2ccc(COc3ccccc3)o2)cc1C. The van der Waals surface area contributed by atoms with E-state index >= 15 is 0 Å². The summed E-state index contributed by atoms with van der Waals surface area (Å²) in [6.07, 6.45) is -0.974. The number of rotatable bonds is 7. The summed E-state index contributed by atoms with van der Waals surface area (Å²) in [6.45, 7) is 5.65. The number of ether oxygens (including phenoxy) is 2. The smallest absolute Gasteiger partial charge is 0.375 e. The van der Waals surface area contributed by atoms with E-state index in [9.17, 15) is 9.59 Å². The summed E-state index contributed by atoms with van der Waals surface area (Å²) in [6, 6.07) is 18.0. The van der Waals surface area contributed by atoms with Gasteiger partial charge in [0.2, 0.25) is 5.76 Å². The molecule has 1 amide bonds. The van der Waals surface area contributed by atoms with Crippen molar-refractivity contribution in [2.24, 2.45) is 0 Å². The Labute approximate surface area is 169 Å². The monoisotopic (exact) mass is 393 g/mol. The van der Waals surface area contributed by atoms with Gasteiger partial charge in [-0.05, 0) is 68.3 Å². The average molecular weight is 393 g/mol. The van der Waals surface area contributed by atoms with E-state index in [-0.39, 0.29) is 12.4 Å². The van der Waals surface area contributed by atoms with Crippen molar-refractivity contribution in [2.75, 3.05) is 5.32 Å². The second-order valence-corrected chi connectivity index (χ2v) is 6.70. The van der Waals surface area contributed by atoms with Gasteiger partial charge in [-0.25, -0.2) is 4.79 Å². The molecule has 0 aliphatic carbocycles. The topological polar surface area (TPSA) is 77.8 Å². The number of carbonyl (C=O) groups is 2. The maximum absolute atomic E-state index is 12.3. The molecule has 1 atom stereocenters. The van der Waals surface area contributed by atoms with Crippen molar-refractivity contribution in [2.45, 2.75) is 33.5 Å². The molecule has 0 fully saturated rings. The van der Waals surface area contributed by atoms with Crippen LogP contribution in [0.1, 0.15) is 34.4 Å². The van der Waals surface area contributed by atoms with E-state index < -0.39 is 18.0 Å². The normalized spacial score (nSPS) is 11.6. The summed E-state index contributed by atoms with van der Waals surface area (Å²) in [4.78, 5) is 24.6. The molecule has 0 saturated carbocycles. The molecule has 2 aromatic carbocycles. The molecule has 0 spiro atoms. The molecule has 0 saturated heterocycles. The van der Waals surface area contributed by atoms with Crippen LogP contribution in [0, 0.1) is 13.8 Å². The molecule has 150 valence electrons. The molecule has 6 heteroatoms. The summed E-state index contributed by atoms with van der Waals surface area (Å²) in [5.74, 6) is 0.0692. The lowest BCUT2D eigenvalue weighted by atomic mass is 10.1. The highest BCUT2D eigenvalue weighted by Crippen LogP contribution is 2.17. The van der Waals surface area contributed by atoms with Gasteiger partial charge >= 0.3 is 5.97 Å². The molecule has 1 heterocycles. The standard InChI is InChI=1S/C23H23NO5/c1-15-9-10-18(13-16(15)2)24-22(25)17(3)28-23(26)21-12-11-20(29-21)14-27-19-7-5-4-6-8-19/h4-13,17H,14H2,1-3H3,(H,24,25). The number of hydrogen-bond acceptors (Lipinski definition) is 5. The van der Waals surface area contributed by atoms with Crippen LogP contribution in [0.15, 0.2) is 65.1 Å². The summed E-state index contributed by atoms with van der Waals surface area (Å²) in [5.41, 5.74) is 2.85. The minimum Gasteiger partial charge on any atom is -0.486 e. The Kier molecular flexibility index (Phi) is 6.34. The predicted octanol–water partition coefficient (Wildman–Crippen LogP) is 4.66. The lowest BCUT2D eigenvalue weighted by Crippen LogP contribution is -2.29. The molecule has 1 aromatic heterocycles. The number of para-hydroxylation sites is 1. The van der Waals surface area contributed by atoms with E-state index in [0.717, 1.165) is 11.1 Å². The zero-order valence-electron chi connectivity index (χ0n) is 16.6. The van der Waals surface area contributed by atoms with Gasteiger partial charge in [-0.3, -0.25) is 4.79 Å². The highest BCUT2D eigenvalue weighted by atomic mass is 16.6. The fourth-order valence-electron chi connectivity index (χ4n) is 2.57. The van der Waals surface area contributed by atoms with Crippen molar-refractivity contribution in [3.63, 3.8) is 0 Å². The van der Waals surface area contributed by atoms with Gasteiger partial charge in [-0.15, -0.1) is 0 Å². The number of nitrogens with one attached hydrogen (secondary N) is 1. The van der Waals surface area contributed by atoms with Gasteiger partial charge < -0.3 is 19.2 Å². The molecule has 3 aromatic rings. The highest BCUT2D eigenvalue weighted by molar-refractivity contribution is 5.96. The Hall–Kier alpha value is -3.54. The molecule has 6 nitrogen and oxygen atoms in total. The average Bonchev–Trinajstić information content (AvgIpc) is 3.19. The largest absolute Gasteiger partial charge is 0.486 e. The summed E-state index contributed by atoms with van der Waals surface area (Å²) >= 11 is 0. The lowest BCUT2D eigenvalue weighted by Gasteiger charge is -2.13. The van der Waals surface area contributed by atoms with Gasteiger partial charge in [0.05, 0.1) is 0 Å². The van der Waals surface area contributed by atoms with Gasteiger partial charge in [0.1, 0.15) is 18.1 Å². The lowest BCUT2D eigenvalue weighted by molar-refractivity contribution is -0.123. The molecule has 1 unspecified atom stereocenters. The van der Waals surface area contributed by atoms with Crippen LogP contribution < -0.4 is 10.1 Å². The van der Waals surface area contributed by atoms with Crippen LogP contribution in [0.3, 0.4) is 0 Å². The fraction of sp³-hybridized carbons (Fsp3) is 0.217. The third kappa shape index (κ3) is 5.48. The first kappa shape index (κ1) is 20.2. The van der Waals surface area contributed by atoms with Crippen LogP contribution in [-0.2, 0) is 16.1 Å². The van der Waals surface area contributed by atoms with Crippen LogP contribution in [0.5, 0.6) is 5.75 Å². The number of furan rings is 1. The third-order valence-electron chi connectivity index (χ3n) is 4.41. The number of hydrogen-bond donors (Lipinski definition) is 1. The van der Waals surface area contributed by atoms with E-state index in [4.69, 9.17) is 13.9 Å². The minimum atomic E-state index is -0.974. The molecule has 1 N–H and O–H groups in total. The van der Waals surface area contributed by atoms with Crippen molar-refractivity contribution >= 4 is 17.6 Å². The maximum atomic E-state index is 12.3. The number of amides is 1. The van der Waals surface area contributed by atoms with E-state index in [2.05, 4.69) is 5.32 Å². The Bertz CT molecular complexity index is 994. The van der Waals surface area contributed by atoms with Gasteiger partial charge in [0.25, 0.3) is 5.91 Å². The predicted molar refractivity (Wildman–Crippen MR) is 109 cm³/mol. The molecular formula is C23H23NO5. The molecule has 0 bridgehead atoms. The summed E-state index contributed by atoms with van der Waals surface area (Å²) < 4.78 is 16.3. The molecule has 0 aliphatic heterocycles. The van der Waals surface area contributed by atoms with Crippen LogP contribution in [0.25, 0.3) is 0 Å². The Morgan fingerprint density at radius 3 is 2.48 bits per heavy atom. The molecular weight excluding hydrogens is 370 g/mol. The van der Waals surface area contributed by atoms with Gasteiger partial charge in [0, 0.05) is 5.69 Å². The van der Waals surface area contributed by atoms with Gasteiger partial charge in [-0.2, -0.15) is 0 Å². The number of aryl methyl sites for hydroxylation is 2. The van der Waals surface area contributed by atoms with Gasteiger partial charge in [0.15, 0.2) is 6.10 Å². The zero-order chi connectivity index (χ0) is 20.8. The van der Waals surface area contributed by atoms with Crippen molar-refractivity contribution in [3.05, 3.63) is 83.3 Å². The molecule has 0 radical (unpaired) electrons. The summed E-state index contributed by atoms with van der Waals surface area (Å²) in [5, 5.41) is 2.74. The minimum absolute atomic E-state index is 0.0162. The van der Waals surface area contributed by atoms with Gasteiger partial charge in [-0.1, -0.05) is 24.3 Å². The first-order chi connectivity index (χ1) is 13.9. The van der Waals surface area contributed by atoms with E-state index in [1.807, 2.05) is 56.3 Å². The number of benzene rings is 2. The molecule has 29 heavy (non-hydrogen) atoms. The number of esters is 1. The van der Waals surface area contributed by atoms with Crippen LogP contribution >= 0.6 is 0 Å². The van der Waals surface area contributed by atoms with Crippen LogP contribution in [0.4, 0.5) is 5.69 Å². The second kappa shape index (κ2) is 9.10. The second-order valence-electron chi connectivity index (χ2n) is 6.70. The Morgan fingerprint density at radius 1 is 1.00 bits per heavy atom. The van der Waals surface area contributed by atoms with Crippen molar-refractivity contribution in [1.29, 1.82) is 0 Å². The Morgan fingerprint density at radius 2 is 1.76 bits per heavy atom. The maximum Gasteiger partial charge on any atom is 0.375 e. The molecule has 0 aliphatic rings. The van der Waals surface area contributed by atoms with Crippen LogP contribution in [0.2, 0.25) is 0 Å². The number of anilines is 1. The Balaban J connectivity index is 1.53. The molecule has 3 rings (SSSR count). The van der Waals surface area contributed by atoms with E-state index in [0.29, 0.717) is 17.2 Å². The summed E-state index contributed by atoms with van der Waals surface area (Å²) in [7, 11) is 0. The fourth-order valence-corrected chi connectivity index (χ4v) is 2.57. The van der Waals surface area contributed by atoms with Crippen molar-refractivity contribution in [1.82, 2.24) is 0 Å². The van der Waals surface area contributed by atoms with E-state index in [1.54, 1.807) is 12.1 Å².